The maximum Gasteiger partial charge on any atom is 0.172 e. The Kier molecular flexibility index (Phi) is 1.81. The van der Waals surface area contributed by atoms with E-state index in [0.717, 1.165) is 11.5 Å². The summed E-state index contributed by atoms with van der Waals surface area (Å²) < 4.78 is 51.9. The third-order valence-corrected chi connectivity index (χ3v) is 3.94. The second-order valence-electron chi connectivity index (χ2n) is 2.19. The molecule has 0 unspecified atom stereocenters. The normalized spacial score (nSPS) is 29.0. The van der Waals surface area contributed by atoms with Gasteiger partial charge in [-0.2, -0.15) is 0 Å². The van der Waals surface area contributed by atoms with Crippen molar-refractivity contribution in [1.29, 1.82) is 0 Å². The van der Waals surface area contributed by atoms with Crippen LogP contribution in [-0.2, 0) is 20.0 Å². The highest BCUT2D eigenvalue weighted by molar-refractivity contribution is 7.96. The predicted octanol–water partition coefficient (Wildman–Crippen LogP) is -1.16. The Hall–Kier alpha value is -0.400. The zero-order chi connectivity index (χ0) is 8.70. The van der Waals surface area contributed by atoms with E-state index in [0.29, 0.717) is 0 Å². The first-order chi connectivity index (χ1) is 4.81. The second kappa shape index (κ2) is 2.29. The van der Waals surface area contributed by atoms with Gasteiger partial charge < -0.3 is 4.55 Å². The molecule has 5 nitrogen and oxygen atoms in total. The summed E-state index contributed by atoms with van der Waals surface area (Å²) in [6, 6.07) is 0. The molecular formula is C4H5O5S2-. The summed E-state index contributed by atoms with van der Waals surface area (Å²) in [6.07, 6.45) is 0.900. The highest BCUT2D eigenvalue weighted by atomic mass is 32.2. The highest BCUT2D eigenvalue weighted by Gasteiger charge is 2.26. The van der Waals surface area contributed by atoms with E-state index in [1.54, 1.807) is 0 Å². The van der Waals surface area contributed by atoms with Crippen molar-refractivity contribution in [3.8, 4) is 0 Å². The van der Waals surface area contributed by atoms with Crippen LogP contribution in [0.15, 0.2) is 11.5 Å². The lowest BCUT2D eigenvalue weighted by molar-refractivity contribution is 0.458. The van der Waals surface area contributed by atoms with E-state index in [1.807, 2.05) is 0 Å². The van der Waals surface area contributed by atoms with Crippen molar-refractivity contribution in [1.82, 2.24) is 0 Å². The molecular weight excluding hydrogens is 192 g/mol. The summed E-state index contributed by atoms with van der Waals surface area (Å²) in [7, 11) is -7.93. The predicted molar refractivity (Wildman–Crippen MR) is 36.4 cm³/mol. The Morgan fingerprint density at radius 1 is 1.45 bits per heavy atom. The monoisotopic (exact) mass is 197 g/mol. The van der Waals surface area contributed by atoms with Gasteiger partial charge in [0.25, 0.3) is 0 Å². The molecule has 11 heavy (non-hydrogen) atoms. The zero-order valence-corrected chi connectivity index (χ0v) is 6.93. The minimum Gasteiger partial charge on any atom is -0.747 e. The molecule has 0 aromatic carbocycles. The maximum atomic E-state index is 10.6. The van der Waals surface area contributed by atoms with Gasteiger partial charge in [0, 0.05) is 5.41 Å². The van der Waals surface area contributed by atoms with Crippen molar-refractivity contribution in [2.24, 2.45) is 0 Å². The van der Waals surface area contributed by atoms with Gasteiger partial charge in [-0.05, 0) is 0 Å². The summed E-state index contributed by atoms with van der Waals surface area (Å²) in [5, 5.41) is -0.639. The fourth-order valence-corrected chi connectivity index (χ4v) is 3.44. The first-order valence-corrected chi connectivity index (χ1v) is 5.86. The van der Waals surface area contributed by atoms with E-state index in [9.17, 15) is 21.4 Å². The van der Waals surface area contributed by atoms with Gasteiger partial charge in [0.1, 0.15) is 10.1 Å². The van der Waals surface area contributed by atoms with E-state index < -0.39 is 31.0 Å². The first-order valence-electron chi connectivity index (χ1n) is 2.67. The Morgan fingerprint density at radius 3 is 2.18 bits per heavy atom. The molecule has 64 valence electrons. The van der Waals surface area contributed by atoms with Crippen LogP contribution in [0.2, 0.25) is 0 Å². The minimum absolute atomic E-state index is 0.612. The molecule has 0 N–H and O–H groups in total. The molecule has 1 aliphatic rings. The molecule has 0 aliphatic carbocycles. The molecule has 1 heterocycles. The van der Waals surface area contributed by atoms with Gasteiger partial charge in [-0.15, -0.1) is 0 Å². The lowest BCUT2D eigenvalue weighted by Gasteiger charge is -2.10. The van der Waals surface area contributed by atoms with Crippen molar-refractivity contribution in [3.05, 3.63) is 11.5 Å². The molecule has 0 amide bonds. The van der Waals surface area contributed by atoms with E-state index in [1.165, 1.54) is 0 Å². The van der Waals surface area contributed by atoms with Gasteiger partial charge in [0.05, 0.1) is 11.0 Å². The third-order valence-electron chi connectivity index (χ3n) is 1.27. The third kappa shape index (κ3) is 2.01. The molecule has 0 saturated heterocycles. The summed E-state index contributed by atoms with van der Waals surface area (Å²) >= 11 is 0. The Morgan fingerprint density at radius 2 is 2.00 bits per heavy atom. The lowest BCUT2D eigenvalue weighted by Crippen LogP contribution is -2.21. The molecule has 0 radical (unpaired) electrons. The standard InChI is InChI=1S/C4H6O5S2/c5-10(6)2-1-4(3-10)11(7,8)9/h1-2,4H,3H2,(H,7,8,9)/p-1/t4-/m0/s1. The van der Waals surface area contributed by atoms with Gasteiger partial charge in [-0.1, -0.05) is 6.08 Å². The number of hydrogen-bond acceptors (Lipinski definition) is 5. The molecule has 1 aliphatic heterocycles. The molecule has 7 heteroatoms. The summed E-state index contributed by atoms with van der Waals surface area (Å²) in [5.41, 5.74) is 0. The maximum absolute atomic E-state index is 10.6. The average Bonchev–Trinajstić information content (AvgIpc) is 2.07. The smallest absolute Gasteiger partial charge is 0.172 e. The van der Waals surface area contributed by atoms with Crippen LogP contribution in [0, 0.1) is 0 Å². The van der Waals surface area contributed by atoms with Crippen LogP contribution < -0.4 is 0 Å². The molecule has 0 bridgehead atoms. The minimum atomic E-state index is -4.49. The van der Waals surface area contributed by atoms with E-state index in [4.69, 9.17) is 0 Å². The molecule has 1 atom stereocenters. The molecule has 0 aromatic heterocycles. The highest BCUT2D eigenvalue weighted by Crippen LogP contribution is 2.13. The van der Waals surface area contributed by atoms with Crippen LogP contribution in [0.1, 0.15) is 0 Å². The molecule has 0 saturated carbocycles. The topological polar surface area (TPSA) is 91.3 Å². The van der Waals surface area contributed by atoms with Crippen molar-refractivity contribution >= 4 is 20.0 Å². The Bertz CT molecular complexity index is 373. The summed E-state index contributed by atoms with van der Waals surface area (Å²) in [4.78, 5) is 0. The van der Waals surface area contributed by atoms with Crippen LogP contribution in [0.25, 0.3) is 0 Å². The lowest BCUT2D eigenvalue weighted by atomic mass is 10.5. The molecule has 1 rings (SSSR count). The average molecular weight is 197 g/mol. The second-order valence-corrected chi connectivity index (χ2v) is 5.71. The van der Waals surface area contributed by atoms with Gasteiger partial charge in [-0.25, -0.2) is 16.8 Å². The van der Waals surface area contributed by atoms with E-state index in [2.05, 4.69) is 0 Å². The van der Waals surface area contributed by atoms with Crippen molar-refractivity contribution < 1.29 is 21.4 Å². The van der Waals surface area contributed by atoms with Gasteiger partial charge >= 0.3 is 0 Å². The van der Waals surface area contributed by atoms with Crippen molar-refractivity contribution in [3.63, 3.8) is 0 Å². The largest absolute Gasteiger partial charge is 0.747 e. The fraction of sp³-hybridized carbons (Fsp3) is 0.500. The van der Waals surface area contributed by atoms with Crippen LogP contribution in [-0.4, -0.2) is 32.4 Å². The van der Waals surface area contributed by atoms with Gasteiger partial charge in [-0.3, -0.25) is 0 Å². The van der Waals surface area contributed by atoms with Gasteiger partial charge in [0.15, 0.2) is 9.84 Å². The Labute approximate surface area is 64.4 Å². The molecule has 0 aromatic rings. The van der Waals surface area contributed by atoms with Crippen LogP contribution in [0.4, 0.5) is 0 Å². The van der Waals surface area contributed by atoms with Gasteiger partial charge in [0.2, 0.25) is 0 Å². The van der Waals surface area contributed by atoms with E-state index in [-0.39, 0.29) is 0 Å². The molecule has 0 spiro atoms. The van der Waals surface area contributed by atoms with Crippen molar-refractivity contribution in [2.75, 3.05) is 5.75 Å². The number of hydrogen-bond donors (Lipinski definition) is 0. The van der Waals surface area contributed by atoms with E-state index >= 15 is 0 Å². The fourth-order valence-electron chi connectivity index (χ4n) is 0.727. The number of sulfone groups is 1. The first kappa shape index (κ1) is 8.69. The Balaban J connectivity index is 2.99. The SMILES string of the molecule is O=S1(=O)C=C[C@H](S(=O)(=O)[O-])C1. The van der Waals surface area contributed by atoms with Crippen LogP contribution in [0.3, 0.4) is 0 Å². The van der Waals surface area contributed by atoms with Crippen LogP contribution >= 0.6 is 0 Å². The summed E-state index contributed by atoms with van der Waals surface area (Å²) in [5.74, 6) is -0.612. The van der Waals surface area contributed by atoms with Crippen LogP contribution in [0.5, 0.6) is 0 Å². The number of rotatable bonds is 1. The van der Waals surface area contributed by atoms with Crippen molar-refractivity contribution in [2.45, 2.75) is 5.25 Å². The quantitative estimate of drug-likeness (QED) is 0.494. The summed E-state index contributed by atoms with van der Waals surface area (Å²) in [6.45, 7) is 0. The molecule has 0 fully saturated rings. The zero-order valence-electron chi connectivity index (χ0n) is 5.30.